The van der Waals surface area contributed by atoms with E-state index in [0.29, 0.717) is 47.4 Å². The summed E-state index contributed by atoms with van der Waals surface area (Å²) in [4.78, 5) is 37.5. The number of amides is 1. The maximum absolute atomic E-state index is 13.0. The number of nitrogens with zero attached hydrogens (tertiary/aromatic N) is 1. The second-order valence-corrected chi connectivity index (χ2v) is 10.6. The van der Waals surface area contributed by atoms with Crippen molar-refractivity contribution in [3.05, 3.63) is 94.1 Å². The lowest BCUT2D eigenvalue weighted by atomic mass is 9.90. The summed E-state index contributed by atoms with van der Waals surface area (Å²) in [7, 11) is 0. The molecule has 1 unspecified atom stereocenters. The van der Waals surface area contributed by atoms with Crippen LogP contribution in [0.2, 0.25) is 5.02 Å². The lowest BCUT2D eigenvalue weighted by Crippen LogP contribution is -2.19. The Hall–Kier alpha value is -4.43. The molecule has 1 fully saturated rings. The number of Topliss-reactive ketones (excluding diaryl/α,β-unsaturated/α-hetero) is 1. The minimum absolute atomic E-state index is 0.0245. The summed E-state index contributed by atoms with van der Waals surface area (Å²) in [5.41, 5.74) is 4.71. The normalized spacial score (nSPS) is 15.8. The van der Waals surface area contributed by atoms with Gasteiger partial charge in [-0.1, -0.05) is 65.3 Å². The van der Waals surface area contributed by atoms with Crippen LogP contribution < -0.4 is 5.32 Å². The first-order chi connectivity index (χ1) is 19.3. The maximum atomic E-state index is 13.0. The molecule has 1 aromatic heterocycles. The molecule has 3 aromatic carbocycles. The van der Waals surface area contributed by atoms with Crippen molar-refractivity contribution in [3.8, 4) is 22.5 Å². The number of carbonyl (C=O) groups excluding carboxylic acids is 2. The van der Waals surface area contributed by atoms with E-state index in [4.69, 9.17) is 20.9 Å². The number of ether oxygens (including phenoxy) is 1. The van der Waals surface area contributed by atoms with Gasteiger partial charge in [0.25, 0.3) is 0 Å². The minimum atomic E-state index is -0.797. The molecule has 2 aliphatic rings. The molecule has 1 atom stereocenters. The van der Waals surface area contributed by atoms with Crippen LogP contribution in [-0.2, 0) is 21.4 Å². The van der Waals surface area contributed by atoms with Crippen LogP contribution in [0, 0.1) is 0 Å². The van der Waals surface area contributed by atoms with Gasteiger partial charge in [-0.15, -0.1) is 0 Å². The van der Waals surface area contributed by atoms with Gasteiger partial charge in [0.1, 0.15) is 11.8 Å². The Morgan fingerprint density at radius 3 is 2.48 bits per heavy atom. The number of aromatic nitrogens is 1. The lowest BCUT2D eigenvalue weighted by molar-refractivity contribution is -0.140. The third kappa shape index (κ3) is 4.44. The van der Waals surface area contributed by atoms with Crippen LogP contribution in [0.4, 0.5) is 10.5 Å². The van der Waals surface area contributed by atoms with Crippen molar-refractivity contribution < 1.29 is 28.8 Å². The number of rotatable bonds is 7. The maximum Gasteiger partial charge on any atom is 0.412 e. The van der Waals surface area contributed by atoms with E-state index in [1.807, 2.05) is 36.4 Å². The Morgan fingerprint density at radius 2 is 1.77 bits per heavy atom. The molecule has 4 aromatic rings. The molecule has 0 spiro atoms. The molecule has 1 amide bonds. The zero-order valence-corrected chi connectivity index (χ0v) is 22.3. The monoisotopic (exact) mass is 556 g/mol. The van der Waals surface area contributed by atoms with Crippen LogP contribution in [-0.4, -0.2) is 28.1 Å². The second-order valence-electron chi connectivity index (χ2n) is 10.2. The highest BCUT2D eigenvalue weighted by Crippen LogP contribution is 2.49. The first-order valence-electron chi connectivity index (χ1n) is 13.0. The van der Waals surface area contributed by atoms with Gasteiger partial charge in [0.2, 0.25) is 0 Å². The fourth-order valence-corrected chi connectivity index (χ4v) is 5.75. The van der Waals surface area contributed by atoms with Crippen LogP contribution in [0.15, 0.2) is 71.4 Å². The summed E-state index contributed by atoms with van der Waals surface area (Å²) in [6, 6.07) is 18.4. The van der Waals surface area contributed by atoms with E-state index in [-0.39, 0.29) is 17.2 Å². The first-order valence-corrected chi connectivity index (χ1v) is 13.4. The number of carbonyl (C=O) groups is 3. The number of carboxylic acid groups (broad SMARTS) is 1. The van der Waals surface area contributed by atoms with Crippen molar-refractivity contribution in [2.75, 3.05) is 5.32 Å². The highest BCUT2D eigenvalue weighted by molar-refractivity contribution is 6.31. The van der Waals surface area contributed by atoms with Gasteiger partial charge in [-0.25, -0.2) is 4.79 Å². The molecule has 2 aliphatic carbocycles. The Labute approximate surface area is 234 Å². The molecule has 6 rings (SSSR count). The fourth-order valence-electron chi connectivity index (χ4n) is 5.46. The molecule has 0 saturated heterocycles. The zero-order chi connectivity index (χ0) is 28.0. The smallest absolute Gasteiger partial charge is 0.412 e. The Balaban J connectivity index is 1.27. The van der Waals surface area contributed by atoms with Crippen molar-refractivity contribution in [2.24, 2.45) is 0 Å². The molecular formula is C31H25ClN2O6. The molecule has 0 bridgehead atoms. The number of hydrogen-bond acceptors (Lipinski definition) is 6. The van der Waals surface area contributed by atoms with E-state index in [1.54, 1.807) is 31.2 Å². The van der Waals surface area contributed by atoms with E-state index in [9.17, 15) is 19.5 Å². The van der Waals surface area contributed by atoms with Crippen molar-refractivity contribution in [3.63, 3.8) is 0 Å². The summed E-state index contributed by atoms with van der Waals surface area (Å²) >= 11 is 6.23. The van der Waals surface area contributed by atoms with Crippen molar-refractivity contribution in [1.29, 1.82) is 0 Å². The van der Waals surface area contributed by atoms with Crippen LogP contribution in [0.1, 0.15) is 59.3 Å². The van der Waals surface area contributed by atoms with E-state index >= 15 is 0 Å². The number of anilines is 1. The fraction of sp³-hybridized carbons (Fsp3) is 0.226. The molecule has 0 aliphatic heterocycles. The van der Waals surface area contributed by atoms with Gasteiger partial charge >= 0.3 is 12.1 Å². The Bertz CT molecular complexity index is 1650. The molecule has 202 valence electrons. The van der Waals surface area contributed by atoms with Gasteiger partial charge in [0, 0.05) is 28.1 Å². The average molecular weight is 557 g/mol. The van der Waals surface area contributed by atoms with Crippen LogP contribution in [0.25, 0.3) is 22.5 Å². The summed E-state index contributed by atoms with van der Waals surface area (Å²) in [6.45, 7) is 1.72. The second kappa shape index (κ2) is 9.95. The van der Waals surface area contributed by atoms with E-state index in [1.165, 1.54) is 6.20 Å². The van der Waals surface area contributed by atoms with Gasteiger partial charge in [0.05, 0.1) is 11.6 Å². The Morgan fingerprint density at radius 1 is 1.05 bits per heavy atom. The van der Waals surface area contributed by atoms with Gasteiger partial charge < -0.3 is 14.4 Å². The Kier molecular flexibility index (Phi) is 6.43. The van der Waals surface area contributed by atoms with Gasteiger partial charge in [-0.05, 0) is 60.6 Å². The summed E-state index contributed by atoms with van der Waals surface area (Å²) in [5.74, 6) is -0.564. The van der Waals surface area contributed by atoms with Gasteiger partial charge in [-0.3, -0.25) is 14.9 Å². The highest BCUT2D eigenvalue weighted by Gasteiger charge is 2.51. The topological polar surface area (TPSA) is 119 Å². The van der Waals surface area contributed by atoms with E-state index < -0.39 is 23.6 Å². The molecule has 0 radical (unpaired) electrons. The number of fused-ring (bicyclic) bond motifs is 1. The number of halogens is 1. The minimum Gasteiger partial charge on any atom is -0.481 e. The third-order valence-corrected chi connectivity index (χ3v) is 8.12. The van der Waals surface area contributed by atoms with Crippen molar-refractivity contribution >= 4 is 35.1 Å². The number of aliphatic carboxylic acids is 1. The predicted octanol–water partition coefficient (Wildman–Crippen LogP) is 7.22. The number of nitrogens with one attached hydrogen (secondary N) is 1. The zero-order valence-electron chi connectivity index (χ0n) is 21.6. The van der Waals surface area contributed by atoms with Crippen LogP contribution in [0.5, 0.6) is 0 Å². The van der Waals surface area contributed by atoms with Crippen molar-refractivity contribution in [2.45, 2.75) is 44.1 Å². The summed E-state index contributed by atoms with van der Waals surface area (Å²) < 4.78 is 11.0. The summed E-state index contributed by atoms with van der Waals surface area (Å²) in [6.07, 6.45) is 2.25. The van der Waals surface area contributed by atoms with Gasteiger partial charge in [0.15, 0.2) is 11.5 Å². The number of benzene rings is 3. The third-order valence-electron chi connectivity index (χ3n) is 7.78. The number of ketones is 1. The SMILES string of the molecule is CC(OC(=O)Nc1cnoc1-c1ccc(-c2ccc(C3(C(=O)O)CC3)cc2)c2c1C(=O)CC2)c1ccccc1Cl. The molecule has 8 nitrogen and oxygen atoms in total. The van der Waals surface area contributed by atoms with Crippen LogP contribution in [0.3, 0.4) is 0 Å². The summed E-state index contributed by atoms with van der Waals surface area (Å²) in [5, 5.41) is 16.6. The standard InChI is InChI=1S/C31H25ClN2O6/c1-17(20-4-2-3-5-24(20)32)39-30(38)34-25-16-33-40-28(25)23-11-10-21(22-12-13-26(35)27(22)23)18-6-8-19(9-7-18)31(14-15-31)29(36)37/h2-11,16-17H,12-15H2,1H3,(H,34,38)(H,36,37). The van der Waals surface area contributed by atoms with Crippen LogP contribution >= 0.6 is 11.6 Å². The van der Waals surface area contributed by atoms with E-state index in [2.05, 4.69) is 10.5 Å². The quantitative estimate of drug-likeness (QED) is 0.247. The highest BCUT2D eigenvalue weighted by atomic mass is 35.5. The van der Waals surface area contributed by atoms with E-state index in [0.717, 1.165) is 22.3 Å². The molecular weight excluding hydrogens is 532 g/mol. The largest absolute Gasteiger partial charge is 0.481 e. The number of hydrogen-bond donors (Lipinski definition) is 2. The van der Waals surface area contributed by atoms with Gasteiger partial charge in [-0.2, -0.15) is 0 Å². The molecule has 9 heteroatoms. The predicted molar refractivity (Wildman–Crippen MR) is 149 cm³/mol. The average Bonchev–Trinajstić information content (AvgIpc) is 3.50. The molecule has 40 heavy (non-hydrogen) atoms. The molecule has 2 N–H and O–H groups in total. The molecule has 1 saturated carbocycles. The number of carboxylic acids is 1. The lowest BCUT2D eigenvalue weighted by Gasteiger charge is -2.16. The van der Waals surface area contributed by atoms with Crippen molar-refractivity contribution in [1.82, 2.24) is 5.16 Å². The first kappa shape index (κ1) is 25.8. The molecule has 1 heterocycles.